The Balaban J connectivity index is 0.00000144. The Morgan fingerprint density at radius 3 is 2.65 bits per heavy atom. The molecule has 92 valence electrons. The first-order chi connectivity index (χ1) is 7.66. The van der Waals surface area contributed by atoms with E-state index in [0.29, 0.717) is 0 Å². The Bertz CT molecular complexity index is 500. The second kappa shape index (κ2) is 6.32. The molecule has 0 atom stereocenters. The van der Waals surface area contributed by atoms with Gasteiger partial charge in [-0.25, -0.2) is 0 Å². The van der Waals surface area contributed by atoms with Gasteiger partial charge in [-0.1, -0.05) is 26.5 Å². The first kappa shape index (κ1) is 14.4. The van der Waals surface area contributed by atoms with E-state index in [0.717, 1.165) is 21.4 Å². The molecule has 0 unspecified atom stereocenters. The summed E-state index contributed by atoms with van der Waals surface area (Å²) in [4.78, 5) is 6.41. The zero-order valence-corrected chi connectivity index (χ0v) is 13.4. The largest absolute Gasteiger partial charge is 0.378 e. The predicted octanol–water partition coefficient (Wildman–Crippen LogP) is 3.37. The summed E-state index contributed by atoms with van der Waals surface area (Å²) in [5.74, 6) is 0. The normalized spacial score (nSPS) is 9.59. The standard InChI is InChI=1S/C13H12BrN2.Pt/c1-16(2)12-6-7-15-13(9-12)10-4-3-5-11(14)8-10;/h3,5-9H,1-2H3;/q-1;. The van der Waals surface area contributed by atoms with Crippen molar-refractivity contribution in [1.82, 2.24) is 4.98 Å². The molecule has 2 aromatic rings. The predicted molar refractivity (Wildman–Crippen MR) is 70.5 cm³/mol. The summed E-state index contributed by atoms with van der Waals surface area (Å²) in [6, 6.07) is 13.1. The van der Waals surface area contributed by atoms with Crippen LogP contribution in [0.2, 0.25) is 0 Å². The van der Waals surface area contributed by atoms with Crippen molar-refractivity contribution < 1.29 is 21.1 Å². The minimum atomic E-state index is 0. The van der Waals surface area contributed by atoms with Gasteiger partial charge >= 0.3 is 0 Å². The Hall–Kier alpha value is -0.662. The molecule has 0 amide bonds. The molecule has 0 bridgehead atoms. The number of hydrogen-bond acceptors (Lipinski definition) is 2. The molecule has 17 heavy (non-hydrogen) atoms. The van der Waals surface area contributed by atoms with Crippen molar-refractivity contribution in [3.8, 4) is 11.3 Å². The number of benzene rings is 1. The van der Waals surface area contributed by atoms with Crippen LogP contribution in [-0.2, 0) is 21.1 Å². The molecule has 2 nitrogen and oxygen atoms in total. The van der Waals surface area contributed by atoms with Gasteiger partial charge in [-0.15, -0.1) is 29.8 Å². The van der Waals surface area contributed by atoms with E-state index in [1.54, 1.807) is 0 Å². The van der Waals surface area contributed by atoms with Crippen molar-refractivity contribution in [3.63, 3.8) is 0 Å². The van der Waals surface area contributed by atoms with E-state index in [9.17, 15) is 0 Å². The van der Waals surface area contributed by atoms with Crippen LogP contribution in [0.1, 0.15) is 0 Å². The molecule has 0 saturated carbocycles. The third-order valence-electron chi connectivity index (χ3n) is 2.30. The Labute approximate surface area is 124 Å². The van der Waals surface area contributed by atoms with Crippen LogP contribution in [-0.4, -0.2) is 19.1 Å². The molecule has 0 fully saturated rings. The molecule has 0 N–H and O–H groups in total. The van der Waals surface area contributed by atoms with Crippen LogP contribution in [0, 0.1) is 6.07 Å². The summed E-state index contributed by atoms with van der Waals surface area (Å²) in [5.41, 5.74) is 3.07. The van der Waals surface area contributed by atoms with E-state index in [1.807, 2.05) is 44.6 Å². The summed E-state index contributed by atoms with van der Waals surface area (Å²) in [6.07, 6.45) is 1.82. The van der Waals surface area contributed by atoms with Crippen LogP contribution >= 0.6 is 15.9 Å². The molecule has 0 radical (unpaired) electrons. The van der Waals surface area contributed by atoms with Crippen LogP contribution < -0.4 is 4.90 Å². The van der Waals surface area contributed by atoms with E-state index in [1.165, 1.54) is 0 Å². The van der Waals surface area contributed by atoms with Crippen molar-refractivity contribution >= 4 is 21.6 Å². The van der Waals surface area contributed by atoms with E-state index in [2.05, 4.69) is 37.9 Å². The minimum absolute atomic E-state index is 0. The van der Waals surface area contributed by atoms with Gasteiger partial charge in [0.05, 0.1) is 0 Å². The van der Waals surface area contributed by atoms with Gasteiger partial charge in [-0.3, -0.25) is 0 Å². The number of anilines is 1. The molecule has 2 rings (SSSR count). The van der Waals surface area contributed by atoms with E-state index >= 15 is 0 Å². The zero-order chi connectivity index (χ0) is 11.5. The quantitative estimate of drug-likeness (QED) is 0.625. The fourth-order valence-corrected chi connectivity index (χ4v) is 1.79. The third kappa shape index (κ3) is 3.65. The van der Waals surface area contributed by atoms with Gasteiger partial charge < -0.3 is 9.88 Å². The third-order valence-corrected chi connectivity index (χ3v) is 2.79. The number of rotatable bonds is 2. The van der Waals surface area contributed by atoms with Crippen molar-refractivity contribution in [3.05, 3.63) is 47.1 Å². The molecule has 1 aromatic carbocycles. The monoisotopic (exact) mass is 470 g/mol. The molecule has 1 aromatic heterocycles. The summed E-state index contributed by atoms with van der Waals surface area (Å²) in [6.45, 7) is 0. The SMILES string of the molecule is CN(C)c1ccnc(-c2[c-]ccc(Br)c2)c1.[Pt]. The van der Waals surface area contributed by atoms with Gasteiger partial charge in [0.25, 0.3) is 0 Å². The van der Waals surface area contributed by atoms with Crippen molar-refractivity contribution in [2.45, 2.75) is 0 Å². The maximum absolute atomic E-state index is 4.35. The van der Waals surface area contributed by atoms with E-state index < -0.39 is 0 Å². The maximum atomic E-state index is 4.35. The van der Waals surface area contributed by atoms with E-state index in [4.69, 9.17) is 0 Å². The number of nitrogens with zero attached hydrogens (tertiary/aromatic N) is 2. The van der Waals surface area contributed by atoms with Crippen LogP contribution in [0.4, 0.5) is 5.69 Å². The Kier molecular flexibility index (Phi) is 5.35. The average Bonchev–Trinajstić information content (AvgIpc) is 2.29. The number of pyridine rings is 1. The summed E-state index contributed by atoms with van der Waals surface area (Å²) >= 11 is 3.45. The minimum Gasteiger partial charge on any atom is -0.378 e. The molecule has 0 aliphatic carbocycles. The van der Waals surface area contributed by atoms with Crippen LogP contribution in [0.3, 0.4) is 0 Å². The average molecular weight is 471 g/mol. The van der Waals surface area contributed by atoms with Gasteiger partial charge in [-0.05, 0) is 11.8 Å². The second-order valence-electron chi connectivity index (χ2n) is 3.71. The first-order valence-corrected chi connectivity index (χ1v) is 5.77. The van der Waals surface area contributed by atoms with Gasteiger partial charge in [0, 0.05) is 47.0 Å². The Morgan fingerprint density at radius 1 is 1.24 bits per heavy atom. The van der Waals surface area contributed by atoms with Crippen LogP contribution in [0.5, 0.6) is 0 Å². The fourth-order valence-electron chi connectivity index (χ4n) is 1.43. The van der Waals surface area contributed by atoms with Crippen molar-refractivity contribution in [2.75, 3.05) is 19.0 Å². The fraction of sp³-hybridized carbons (Fsp3) is 0.154. The zero-order valence-electron chi connectivity index (χ0n) is 9.55. The molecular formula is C13H12BrN2Pt-. The molecule has 0 spiro atoms. The molecule has 4 heteroatoms. The van der Waals surface area contributed by atoms with Crippen LogP contribution in [0.15, 0.2) is 41.0 Å². The molecule has 0 saturated heterocycles. The van der Waals surface area contributed by atoms with Gasteiger partial charge in [0.15, 0.2) is 0 Å². The maximum Gasteiger partial charge on any atom is 0.0303 e. The Morgan fingerprint density at radius 2 is 2.00 bits per heavy atom. The summed E-state index contributed by atoms with van der Waals surface area (Å²) in [5, 5.41) is 0. The number of aromatic nitrogens is 1. The summed E-state index contributed by atoms with van der Waals surface area (Å²) in [7, 11) is 4.04. The van der Waals surface area contributed by atoms with Crippen molar-refractivity contribution in [2.24, 2.45) is 0 Å². The molecule has 1 heterocycles. The molecular weight excluding hydrogens is 459 g/mol. The van der Waals surface area contributed by atoms with Crippen LogP contribution in [0.25, 0.3) is 11.3 Å². The topological polar surface area (TPSA) is 16.1 Å². The smallest absolute Gasteiger partial charge is 0.0303 e. The molecule has 0 aliphatic rings. The van der Waals surface area contributed by atoms with Gasteiger partial charge in [0.2, 0.25) is 0 Å². The van der Waals surface area contributed by atoms with Gasteiger partial charge in [-0.2, -0.15) is 0 Å². The first-order valence-electron chi connectivity index (χ1n) is 4.98. The van der Waals surface area contributed by atoms with E-state index in [-0.39, 0.29) is 21.1 Å². The number of halogens is 1. The van der Waals surface area contributed by atoms with Gasteiger partial charge in [0.1, 0.15) is 0 Å². The van der Waals surface area contributed by atoms with Crippen molar-refractivity contribution in [1.29, 1.82) is 0 Å². The number of hydrogen-bond donors (Lipinski definition) is 0. The summed E-state index contributed by atoms with van der Waals surface area (Å²) < 4.78 is 1.04. The second-order valence-corrected chi connectivity index (χ2v) is 4.63. The molecule has 0 aliphatic heterocycles.